The quantitative estimate of drug-likeness (QED) is 0.578. The zero-order valence-corrected chi connectivity index (χ0v) is 12.4. The van der Waals surface area contributed by atoms with E-state index in [1.54, 1.807) is 0 Å². The van der Waals surface area contributed by atoms with Crippen LogP contribution in [0.25, 0.3) is 0 Å². The normalized spacial score (nSPS) is 14.8. The molecule has 0 radical (unpaired) electrons. The molecular formula is C11H24OSi2. The van der Waals surface area contributed by atoms with Crippen LogP contribution in [0.1, 0.15) is 0 Å². The van der Waals surface area contributed by atoms with Gasteiger partial charge in [0.2, 0.25) is 0 Å². The summed E-state index contributed by atoms with van der Waals surface area (Å²) in [4.78, 5) is 0. The summed E-state index contributed by atoms with van der Waals surface area (Å²) in [6, 6.07) is 1.02. The Morgan fingerprint density at radius 3 is 1.86 bits per heavy atom. The lowest BCUT2D eigenvalue weighted by molar-refractivity contribution is 0.279. The van der Waals surface area contributed by atoms with Crippen molar-refractivity contribution in [1.82, 2.24) is 0 Å². The second kappa shape index (κ2) is 4.62. The van der Waals surface area contributed by atoms with E-state index < -0.39 is 16.1 Å². The summed E-state index contributed by atoms with van der Waals surface area (Å²) < 4.78 is 0. The topological polar surface area (TPSA) is 20.2 Å². The molecule has 0 aliphatic heterocycles. The molecule has 0 aromatic heterocycles. The van der Waals surface area contributed by atoms with Gasteiger partial charge in [0.05, 0.1) is 13.8 Å². The molecule has 14 heavy (non-hydrogen) atoms. The lowest BCUT2D eigenvalue weighted by Crippen LogP contribution is -2.41. The Hall–Kier alpha value is -0.0862. The molecule has 0 aromatic rings. The maximum Gasteiger partial charge on any atom is 0.0842 e. The summed E-state index contributed by atoms with van der Waals surface area (Å²) in [5.74, 6) is 0. The first-order valence-corrected chi connectivity index (χ1v) is 12.4. The van der Waals surface area contributed by atoms with Crippen LogP contribution in [0.15, 0.2) is 17.9 Å². The van der Waals surface area contributed by atoms with Crippen molar-refractivity contribution in [1.29, 1.82) is 0 Å². The number of hydrogen-bond acceptors (Lipinski definition) is 1. The Morgan fingerprint density at radius 1 is 1.21 bits per heavy atom. The molecule has 0 fully saturated rings. The average Bonchev–Trinajstić information content (AvgIpc) is 1.95. The fourth-order valence-electron chi connectivity index (χ4n) is 1.35. The van der Waals surface area contributed by atoms with E-state index in [1.807, 2.05) is 0 Å². The van der Waals surface area contributed by atoms with Crippen LogP contribution in [-0.4, -0.2) is 27.0 Å². The van der Waals surface area contributed by atoms with Gasteiger partial charge in [-0.25, -0.2) is 0 Å². The minimum absolute atomic E-state index is 0.272. The molecule has 0 saturated heterocycles. The first-order valence-electron chi connectivity index (χ1n) is 5.15. The zero-order valence-electron chi connectivity index (χ0n) is 10.4. The van der Waals surface area contributed by atoms with Crippen LogP contribution < -0.4 is 0 Å². The van der Waals surface area contributed by atoms with Crippen LogP contribution in [0, 0.1) is 0 Å². The van der Waals surface area contributed by atoms with E-state index >= 15 is 0 Å². The highest BCUT2D eigenvalue weighted by Crippen LogP contribution is 2.23. The molecule has 1 N–H and O–H groups in total. The van der Waals surface area contributed by atoms with Crippen molar-refractivity contribution >= 4 is 16.1 Å². The molecule has 0 saturated carbocycles. The summed E-state index contributed by atoms with van der Waals surface area (Å²) in [6.07, 6.45) is 0. The van der Waals surface area contributed by atoms with E-state index in [9.17, 15) is 5.11 Å². The summed E-state index contributed by atoms with van der Waals surface area (Å²) in [5.41, 5.74) is 3.72. The lowest BCUT2D eigenvalue weighted by atomic mass is 10.3. The van der Waals surface area contributed by atoms with Crippen LogP contribution in [0.4, 0.5) is 0 Å². The fourth-order valence-corrected chi connectivity index (χ4v) is 4.26. The molecular weight excluding hydrogens is 204 g/mol. The molecule has 0 heterocycles. The van der Waals surface area contributed by atoms with Crippen molar-refractivity contribution in [3.05, 3.63) is 17.9 Å². The molecule has 3 heteroatoms. The smallest absolute Gasteiger partial charge is 0.0842 e. The third-order valence-electron chi connectivity index (χ3n) is 2.10. The third kappa shape index (κ3) is 4.96. The van der Waals surface area contributed by atoms with Crippen LogP contribution in [-0.2, 0) is 0 Å². The average molecular weight is 228 g/mol. The molecule has 82 valence electrons. The predicted molar refractivity (Wildman–Crippen MR) is 70.2 cm³/mol. The molecule has 0 rings (SSSR count). The molecule has 0 amide bonds. The highest BCUT2D eigenvalue weighted by Gasteiger charge is 2.30. The van der Waals surface area contributed by atoms with Gasteiger partial charge < -0.3 is 5.11 Å². The predicted octanol–water partition coefficient (Wildman–Crippen LogP) is 3.27. The molecule has 0 bridgehead atoms. The van der Waals surface area contributed by atoms with Crippen molar-refractivity contribution in [2.24, 2.45) is 0 Å². The molecule has 0 aliphatic carbocycles. The Morgan fingerprint density at radius 2 is 1.64 bits per heavy atom. The zero-order chi connectivity index (χ0) is 11.6. The fraction of sp³-hybridized carbons (Fsp3) is 0.727. The van der Waals surface area contributed by atoms with E-state index in [1.165, 1.54) is 0 Å². The standard InChI is InChI=1S/C11H24OSi2/c1-8-10(9-13(2,3)4)11(12)14(5,6)7/h11-12H,1,9H2,2-7H3/t11-/m1/s1. The monoisotopic (exact) mass is 228 g/mol. The van der Waals surface area contributed by atoms with Crippen LogP contribution in [0.3, 0.4) is 0 Å². The minimum Gasteiger partial charge on any atom is -0.392 e. The molecule has 0 aromatic carbocycles. The van der Waals surface area contributed by atoms with Gasteiger partial charge in [-0.1, -0.05) is 45.9 Å². The Balaban J connectivity index is 4.71. The van der Waals surface area contributed by atoms with Crippen LogP contribution in [0.5, 0.6) is 0 Å². The van der Waals surface area contributed by atoms with Gasteiger partial charge in [0.1, 0.15) is 0 Å². The lowest BCUT2D eigenvalue weighted by Gasteiger charge is -2.28. The SMILES string of the molecule is C=C=C(C[Si](C)(C)C)[C@H](O)[Si](C)(C)C. The molecule has 1 nitrogen and oxygen atoms in total. The van der Waals surface area contributed by atoms with Crippen LogP contribution >= 0.6 is 0 Å². The number of hydrogen-bond donors (Lipinski definition) is 1. The second-order valence-corrected chi connectivity index (χ2v) is 17.0. The van der Waals surface area contributed by atoms with E-state index in [2.05, 4.69) is 51.6 Å². The number of aliphatic hydroxyl groups is 1. The number of aliphatic hydroxyl groups excluding tert-OH is 1. The van der Waals surface area contributed by atoms with Gasteiger partial charge >= 0.3 is 0 Å². The maximum atomic E-state index is 10.2. The van der Waals surface area contributed by atoms with Gasteiger partial charge in [0, 0.05) is 8.07 Å². The van der Waals surface area contributed by atoms with Gasteiger partial charge in [-0.05, 0) is 11.6 Å². The van der Waals surface area contributed by atoms with Crippen LogP contribution in [0.2, 0.25) is 45.3 Å². The molecule has 0 aliphatic rings. The Kier molecular flexibility index (Phi) is 4.59. The van der Waals surface area contributed by atoms with Crippen molar-refractivity contribution in [2.75, 3.05) is 0 Å². The first kappa shape index (κ1) is 13.9. The van der Waals surface area contributed by atoms with Gasteiger partial charge in [0.25, 0.3) is 0 Å². The van der Waals surface area contributed by atoms with E-state index in [0.29, 0.717) is 0 Å². The molecule has 0 unspecified atom stereocenters. The van der Waals surface area contributed by atoms with Gasteiger partial charge in [0.15, 0.2) is 0 Å². The van der Waals surface area contributed by atoms with E-state index in [-0.39, 0.29) is 5.73 Å². The number of rotatable bonds is 4. The Bertz CT molecular complexity index is 239. The summed E-state index contributed by atoms with van der Waals surface area (Å²) in [6.45, 7) is 17.2. The highest BCUT2D eigenvalue weighted by molar-refractivity contribution is 6.79. The van der Waals surface area contributed by atoms with E-state index in [0.717, 1.165) is 11.6 Å². The third-order valence-corrected chi connectivity index (χ3v) is 5.53. The van der Waals surface area contributed by atoms with Gasteiger partial charge in [-0.2, -0.15) is 0 Å². The minimum atomic E-state index is -1.51. The first-order chi connectivity index (χ1) is 6.08. The van der Waals surface area contributed by atoms with Crippen molar-refractivity contribution in [3.8, 4) is 0 Å². The molecule has 0 spiro atoms. The van der Waals surface area contributed by atoms with Gasteiger partial charge in [-0.3, -0.25) is 0 Å². The second-order valence-electron chi connectivity index (χ2n) is 6.21. The van der Waals surface area contributed by atoms with Crippen molar-refractivity contribution < 1.29 is 5.11 Å². The van der Waals surface area contributed by atoms with Gasteiger partial charge in [-0.15, -0.1) is 5.73 Å². The summed E-state index contributed by atoms with van der Waals surface area (Å²) in [7, 11) is -2.67. The largest absolute Gasteiger partial charge is 0.392 e. The highest BCUT2D eigenvalue weighted by atomic mass is 28.3. The van der Waals surface area contributed by atoms with Crippen molar-refractivity contribution in [3.63, 3.8) is 0 Å². The molecule has 1 atom stereocenters. The Labute approximate surface area is 90.6 Å². The van der Waals surface area contributed by atoms with E-state index in [4.69, 9.17) is 0 Å². The maximum absolute atomic E-state index is 10.2. The summed E-state index contributed by atoms with van der Waals surface area (Å²) in [5, 5.41) is 10.2. The van der Waals surface area contributed by atoms with Crippen molar-refractivity contribution in [2.45, 2.75) is 51.1 Å². The summed E-state index contributed by atoms with van der Waals surface area (Å²) >= 11 is 0.